The molecule has 2 heteroatoms. The Hall–Kier alpha value is -0.530. The van der Waals surface area contributed by atoms with Crippen molar-refractivity contribution in [3.63, 3.8) is 0 Å². The number of halogens is 1. The summed E-state index contributed by atoms with van der Waals surface area (Å²) < 4.78 is 0. The normalized spacial score (nSPS) is 26.9. The molecule has 0 aliphatic heterocycles. The third kappa shape index (κ3) is 2.58. The first-order valence-electron chi connectivity index (χ1n) is 6.17. The fourth-order valence-corrected chi connectivity index (χ4v) is 3.09. The van der Waals surface area contributed by atoms with E-state index in [1.807, 2.05) is 18.2 Å². The number of nitrogens with two attached hydrogens (primary N) is 1. The van der Waals surface area contributed by atoms with Crippen LogP contribution in [0.1, 0.15) is 31.7 Å². The van der Waals surface area contributed by atoms with E-state index in [-0.39, 0.29) is 6.04 Å². The predicted octanol–water partition coefficient (Wildman–Crippen LogP) is 3.65. The van der Waals surface area contributed by atoms with Gasteiger partial charge < -0.3 is 5.73 Å². The summed E-state index contributed by atoms with van der Waals surface area (Å²) in [5.41, 5.74) is 7.50. The molecule has 1 aromatic carbocycles. The minimum Gasteiger partial charge on any atom is -0.327 e. The Kier molecular flexibility index (Phi) is 3.88. The van der Waals surface area contributed by atoms with Gasteiger partial charge in [0.25, 0.3) is 0 Å². The molecule has 1 aliphatic rings. The molecule has 1 fully saturated rings. The van der Waals surface area contributed by atoms with Crippen molar-refractivity contribution in [2.75, 3.05) is 0 Å². The molecule has 0 amide bonds. The summed E-state index contributed by atoms with van der Waals surface area (Å²) in [6.07, 6.45) is 4.87. The molecule has 1 nitrogen and oxygen atoms in total. The van der Waals surface area contributed by atoms with E-state index < -0.39 is 0 Å². The van der Waals surface area contributed by atoms with E-state index in [2.05, 4.69) is 13.0 Å². The zero-order valence-electron chi connectivity index (χ0n) is 9.83. The standard InChI is InChI=1S/C14H20ClN/c1-10-5-4-7-12(10)14(16)9-11-6-2-3-8-13(11)15/h2-3,6,8,10,12,14H,4-5,7,9,16H2,1H3. The van der Waals surface area contributed by atoms with Crippen molar-refractivity contribution in [1.29, 1.82) is 0 Å². The van der Waals surface area contributed by atoms with Gasteiger partial charge in [-0.25, -0.2) is 0 Å². The lowest BCUT2D eigenvalue weighted by Crippen LogP contribution is -2.33. The summed E-state index contributed by atoms with van der Waals surface area (Å²) in [6, 6.07) is 8.29. The van der Waals surface area contributed by atoms with Crippen molar-refractivity contribution in [1.82, 2.24) is 0 Å². The summed E-state index contributed by atoms with van der Waals surface area (Å²) in [6.45, 7) is 2.32. The average molecular weight is 238 g/mol. The molecule has 1 saturated carbocycles. The fourth-order valence-electron chi connectivity index (χ4n) is 2.88. The maximum atomic E-state index is 6.31. The molecule has 0 aromatic heterocycles. The van der Waals surface area contributed by atoms with Gasteiger partial charge in [0.2, 0.25) is 0 Å². The van der Waals surface area contributed by atoms with Crippen molar-refractivity contribution >= 4 is 11.6 Å². The van der Waals surface area contributed by atoms with E-state index in [9.17, 15) is 0 Å². The summed E-state index contributed by atoms with van der Waals surface area (Å²) in [5.74, 6) is 1.45. The maximum Gasteiger partial charge on any atom is 0.0438 e. The molecule has 3 atom stereocenters. The molecule has 16 heavy (non-hydrogen) atoms. The summed E-state index contributed by atoms with van der Waals surface area (Å²) in [4.78, 5) is 0. The molecule has 0 heterocycles. The smallest absolute Gasteiger partial charge is 0.0438 e. The summed E-state index contributed by atoms with van der Waals surface area (Å²) in [5, 5.41) is 0.851. The van der Waals surface area contributed by atoms with Gasteiger partial charge in [-0.2, -0.15) is 0 Å². The lowest BCUT2D eigenvalue weighted by Gasteiger charge is -2.23. The van der Waals surface area contributed by atoms with Crippen LogP contribution in [0.15, 0.2) is 24.3 Å². The van der Waals surface area contributed by atoms with Gasteiger partial charge in [0, 0.05) is 11.1 Å². The van der Waals surface area contributed by atoms with Crippen molar-refractivity contribution in [3.8, 4) is 0 Å². The predicted molar refractivity (Wildman–Crippen MR) is 69.6 cm³/mol. The van der Waals surface area contributed by atoms with Crippen molar-refractivity contribution in [3.05, 3.63) is 34.9 Å². The molecule has 0 spiro atoms. The number of rotatable bonds is 3. The molecule has 3 unspecified atom stereocenters. The first-order chi connectivity index (χ1) is 7.68. The molecule has 0 radical (unpaired) electrons. The average Bonchev–Trinajstić information content (AvgIpc) is 2.68. The highest BCUT2D eigenvalue weighted by Crippen LogP contribution is 2.34. The Balaban J connectivity index is 2.02. The minimum atomic E-state index is 0.261. The molecule has 0 bridgehead atoms. The minimum absolute atomic E-state index is 0.261. The lowest BCUT2D eigenvalue weighted by molar-refractivity contribution is 0.343. The molecule has 1 aliphatic carbocycles. The van der Waals surface area contributed by atoms with Crippen LogP contribution in [0.5, 0.6) is 0 Å². The fraction of sp³-hybridized carbons (Fsp3) is 0.571. The third-order valence-electron chi connectivity index (χ3n) is 3.89. The van der Waals surface area contributed by atoms with Crippen LogP contribution in [0.2, 0.25) is 5.02 Å². The zero-order valence-corrected chi connectivity index (χ0v) is 10.6. The third-order valence-corrected chi connectivity index (χ3v) is 4.26. The second kappa shape index (κ2) is 5.20. The molecule has 2 N–H and O–H groups in total. The van der Waals surface area contributed by atoms with Crippen LogP contribution in [0.4, 0.5) is 0 Å². The van der Waals surface area contributed by atoms with Gasteiger partial charge in [-0.05, 0) is 36.3 Å². The van der Waals surface area contributed by atoms with E-state index in [1.165, 1.54) is 24.8 Å². The largest absolute Gasteiger partial charge is 0.327 e. The number of hydrogen-bond acceptors (Lipinski definition) is 1. The molecular weight excluding hydrogens is 218 g/mol. The lowest BCUT2D eigenvalue weighted by atomic mass is 9.87. The highest BCUT2D eigenvalue weighted by molar-refractivity contribution is 6.31. The zero-order chi connectivity index (χ0) is 11.5. The highest BCUT2D eigenvalue weighted by Gasteiger charge is 2.28. The van der Waals surface area contributed by atoms with E-state index in [0.29, 0.717) is 5.92 Å². The van der Waals surface area contributed by atoms with E-state index in [0.717, 1.165) is 17.4 Å². The van der Waals surface area contributed by atoms with Crippen LogP contribution in [-0.4, -0.2) is 6.04 Å². The maximum absolute atomic E-state index is 6.31. The molecule has 2 rings (SSSR count). The first-order valence-corrected chi connectivity index (χ1v) is 6.55. The van der Waals surface area contributed by atoms with Gasteiger partial charge in [-0.1, -0.05) is 49.6 Å². The second-order valence-corrected chi connectivity index (χ2v) is 5.44. The Labute approximate surface area is 103 Å². The van der Waals surface area contributed by atoms with Crippen molar-refractivity contribution in [2.45, 2.75) is 38.6 Å². The van der Waals surface area contributed by atoms with E-state index in [1.54, 1.807) is 0 Å². The Morgan fingerprint density at radius 2 is 2.12 bits per heavy atom. The molecule has 0 saturated heterocycles. The van der Waals surface area contributed by atoms with Gasteiger partial charge in [-0.3, -0.25) is 0 Å². The van der Waals surface area contributed by atoms with E-state index >= 15 is 0 Å². The van der Waals surface area contributed by atoms with Crippen LogP contribution < -0.4 is 5.73 Å². The first kappa shape index (κ1) is 11.9. The molecular formula is C14H20ClN. The Morgan fingerprint density at radius 3 is 2.75 bits per heavy atom. The second-order valence-electron chi connectivity index (χ2n) is 5.03. The topological polar surface area (TPSA) is 26.0 Å². The van der Waals surface area contributed by atoms with Gasteiger partial charge >= 0.3 is 0 Å². The molecule has 1 aromatic rings. The molecule has 88 valence electrons. The van der Waals surface area contributed by atoms with Crippen LogP contribution in [0, 0.1) is 11.8 Å². The van der Waals surface area contributed by atoms with Crippen molar-refractivity contribution < 1.29 is 0 Å². The van der Waals surface area contributed by atoms with Crippen molar-refractivity contribution in [2.24, 2.45) is 17.6 Å². The monoisotopic (exact) mass is 237 g/mol. The van der Waals surface area contributed by atoms with Crippen LogP contribution in [-0.2, 0) is 6.42 Å². The van der Waals surface area contributed by atoms with Crippen LogP contribution in [0.25, 0.3) is 0 Å². The highest BCUT2D eigenvalue weighted by atomic mass is 35.5. The summed E-state index contributed by atoms with van der Waals surface area (Å²) in [7, 11) is 0. The quantitative estimate of drug-likeness (QED) is 0.854. The Bertz CT molecular complexity index is 350. The number of benzene rings is 1. The van der Waals surface area contributed by atoms with Gasteiger partial charge in [0.15, 0.2) is 0 Å². The Morgan fingerprint density at radius 1 is 1.38 bits per heavy atom. The van der Waals surface area contributed by atoms with Crippen LogP contribution >= 0.6 is 11.6 Å². The van der Waals surface area contributed by atoms with Gasteiger partial charge in [-0.15, -0.1) is 0 Å². The van der Waals surface area contributed by atoms with Gasteiger partial charge in [0.05, 0.1) is 0 Å². The van der Waals surface area contributed by atoms with Crippen LogP contribution in [0.3, 0.4) is 0 Å². The summed E-state index contributed by atoms with van der Waals surface area (Å²) >= 11 is 6.16. The van der Waals surface area contributed by atoms with E-state index in [4.69, 9.17) is 17.3 Å². The SMILES string of the molecule is CC1CCCC1C(N)Cc1ccccc1Cl. The van der Waals surface area contributed by atoms with Gasteiger partial charge in [0.1, 0.15) is 0 Å². The number of hydrogen-bond donors (Lipinski definition) is 1.